The largest absolute Gasteiger partial charge is 0.338 e. The van der Waals surface area contributed by atoms with Crippen LogP contribution in [-0.2, 0) is 11.3 Å². The molecule has 3 aromatic rings. The van der Waals surface area contributed by atoms with Crippen LogP contribution in [0.15, 0.2) is 58.2 Å². The number of H-pyrrole nitrogens is 1. The summed E-state index contributed by atoms with van der Waals surface area (Å²) in [7, 11) is 1.62. The van der Waals surface area contributed by atoms with Gasteiger partial charge in [0.05, 0.1) is 23.2 Å². The lowest BCUT2D eigenvalue weighted by Gasteiger charge is -2.16. The highest BCUT2D eigenvalue weighted by atomic mass is 32.2. The van der Waals surface area contributed by atoms with Crippen molar-refractivity contribution in [2.75, 3.05) is 12.8 Å². The van der Waals surface area contributed by atoms with Gasteiger partial charge in [0.25, 0.3) is 5.56 Å². The zero-order chi connectivity index (χ0) is 17.8. The van der Waals surface area contributed by atoms with Crippen molar-refractivity contribution >= 4 is 28.6 Å². The van der Waals surface area contributed by atoms with Gasteiger partial charge in [-0.3, -0.25) is 9.59 Å². The molecule has 7 heteroatoms. The standard InChI is InChI=1S/C18H16FN3O2S/c1-22(17(23)11-25-15-9-5-3-7-13(15)19)10-16-20-14-8-4-2-6-12(14)18(24)21-16/h2-9H,10-11H2,1H3,(H,20,21,24). The Morgan fingerprint density at radius 1 is 1.20 bits per heavy atom. The second kappa shape index (κ2) is 7.48. The molecule has 2 aromatic carbocycles. The van der Waals surface area contributed by atoms with Gasteiger partial charge in [0.1, 0.15) is 11.6 Å². The number of para-hydroxylation sites is 1. The van der Waals surface area contributed by atoms with Gasteiger partial charge in [-0.15, -0.1) is 11.8 Å². The maximum Gasteiger partial charge on any atom is 0.258 e. The third-order valence-corrected chi connectivity index (χ3v) is 4.70. The molecule has 0 fully saturated rings. The molecule has 0 atom stereocenters. The third-order valence-electron chi connectivity index (χ3n) is 3.66. The highest BCUT2D eigenvalue weighted by Gasteiger charge is 2.13. The van der Waals surface area contributed by atoms with Crippen molar-refractivity contribution in [1.29, 1.82) is 0 Å². The van der Waals surface area contributed by atoms with Gasteiger partial charge in [-0.2, -0.15) is 0 Å². The molecule has 0 aliphatic heterocycles. The number of benzene rings is 2. The fourth-order valence-corrected chi connectivity index (χ4v) is 3.21. The molecule has 0 bridgehead atoms. The number of amides is 1. The Morgan fingerprint density at radius 3 is 2.72 bits per heavy atom. The van der Waals surface area contributed by atoms with E-state index in [0.29, 0.717) is 21.6 Å². The summed E-state index contributed by atoms with van der Waals surface area (Å²) in [5.41, 5.74) is 0.352. The first-order valence-corrected chi connectivity index (χ1v) is 8.62. The van der Waals surface area contributed by atoms with E-state index in [4.69, 9.17) is 0 Å². The van der Waals surface area contributed by atoms with Gasteiger partial charge in [-0.1, -0.05) is 24.3 Å². The average molecular weight is 357 g/mol. The highest BCUT2D eigenvalue weighted by Crippen LogP contribution is 2.21. The molecule has 1 heterocycles. The van der Waals surface area contributed by atoms with Crippen LogP contribution in [0.4, 0.5) is 4.39 Å². The zero-order valence-corrected chi connectivity index (χ0v) is 14.3. The lowest BCUT2D eigenvalue weighted by atomic mass is 10.2. The molecule has 1 aromatic heterocycles. The number of nitrogens with zero attached hydrogens (tertiary/aromatic N) is 2. The average Bonchev–Trinajstić information content (AvgIpc) is 2.61. The van der Waals surface area contributed by atoms with Crippen LogP contribution in [0, 0.1) is 5.82 Å². The summed E-state index contributed by atoms with van der Waals surface area (Å²) < 4.78 is 13.6. The number of hydrogen-bond acceptors (Lipinski definition) is 4. The molecule has 1 amide bonds. The van der Waals surface area contributed by atoms with Crippen molar-refractivity contribution in [2.45, 2.75) is 11.4 Å². The van der Waals surface area contributed by atoms with Crippen LogP contribution in [0.25, 0.3) is 10.9 Å². The molecule has 25 heavy (non-hydrogen) atoms. The van der Waals surface area contributed by atoms with E-state index in [9.17, 15) is 14.0 Å². The van der Waals surface area contributed by atoms with Crippen molar-refractivity contribution in [3.05, 3.63) is 70.5 Å². The monoisotopic (exact) mass is 357 g/mol. The summed E-state index contributed by atoms with van der Waals surface area (Å²) in [5.74, 6) is -0.00196. The minimum absolute atomic E-state index is 0.106. The van der Waals surface area contributed by atoms with Crippen molar-refractivity contribution in [2.24, 2.45) is 0 Å². The number of carbonyl (C=O) groups excluding carboxylic acids is 1. The molecule has 5 nitrogen and oxygen atoms in total. The van der Waals surface area contributed by atoms with E-state index in [1.54, 1.807) is 49.5 Å². The van der Waals surface area contributed by atoms with Crippen LogP contribution in [0.2, 0.25) is 0 Å². The van der Waals surface area contributed by atoms with Crippen molar-refractivity contribution in [3.63, 3.8) is 0 Å². The van der Waals surface area contributed by atoms with Crippen LogP contribution in [0.3, 0.4) is 0 Å². The maximum atomic E-state index is 13.6. The van der Waals surface area contributed by atoms with E-state index >= 15 is 0 Å². The van der Waals surface area contributed by atoms with E-state index in [2.05, 4.69) is 9.97 Å². The molecule has 128 valence electrons. The summed E-state index contributed by atoms with van der Waals surface area (Å²) in [6, 6.07) is 13.4. The first kappa shape index (κ1) is 17.2. The molecular weight excluding hydrogens is 341 g/mol. The quantitative estimate of drug-likeness (QED) is 0.713. The molecule has 0 spiro atoms. The van der Waals surface area contributed by atoms with E-state index in [1.165, 1.54) is 11.0 Å². The first-order valence-electron chi connectivity index (χ1n) is 7.64. The van der Waals surface area contributed by atoms with E-state index in [1.807, 2.05) is 0 Å². The van der Waals surface area contributed by atoms with Gasteiger partial charge in [0.2, 0.25) is 5.91 Å². The number of thioether (sulfide) groups is 1. The minimum Gasteiger partial charge on any atom is -0.338 e. The number of aromatic amines is 1. The predicted molar refractivity (Wildman–Crippen MR) is 96.0 cm³/mol. The Labute approximate surface area is 147 Å². The van der Waals surface area contributed by atoms with E-state index < -0.39 is 0 Å². The van der Waals surface area contributed by atoms with Gasteiger partial charge < -0.3 is 9.88 Å². The maximum absolute atomic E-state index is 13.6. The fourth-order valence-electron chi connectivity index (χ4n) is 2.33. The molecule has 0 aliphatic carbocycles. The van der Waals surface area contributed by atoms with Gasteiger partial charge in [-0.25, -0.2) is 9.37 Å². The van der Waals surface area contributed by atoms with Crippen LogP contribution in [-0.4, -0.2) is 33.6 Å². The van der Waals surface area contributed by atoms with Crippen molar-refractivity contribution in [1.82, 2.24) is 14.9 Å². The Bertz CT molecular complexity index is 974. The van der Waals surface area contributed by atoms with Crippen molar-refractivity contribution in [3.8, 4) is 0 Å². The Kier molecular flexibility index (Phi) is 5.14. The van der Waals surface area contributed by atoms with Crippen LogP contribution in [0.5, 0.6) is 0 Å². The number of rotatable bonds is 5. The minimum atomic E-state index is -0.344. The Morgan fingerprint density at radius 2 is 1.92 bits per heavy atom. The summed E-state index contributed by atoms with van der Waals surface area (Å²) in [5, 5.41) is 0.510. The van der Waals surface area contributed by atoms with Gasteiger partial charge >= 0.3 is 0 Å². The molecular formula is C18H16FN3O2S. The van der Waals surface area contributed by atoms with E-state index in [0.717, 1.165) is 11.8 Å². The SMILES string of the molecule is CN(Cc1nc2ccccc2c(=O)[nH]1)C(=O)CSc1ccccc1F. The molecule has 0 radical (unpaired) electrons. The number of carbonyl (C=O) groups is 1. The zero-order valence-electron chi connectivity index (χ0n) is 13.5. The molecule has 0 saturated heterocycles. The normalized spacial score (nSPS) is 10.8. The van der Waals surface area contributed by atoms with Crippen LogP contribution in [0.1, 0.15) is 5.82 Å². The molecule has 0 saturated carbocycles. The number of halogens is 1. The molecule has 1 N–H and O–H groups in total. The van der Waals surface area contributed by atoms with Gasteiger partial charge in [-0.05, 0) is 24.3 Å². The predicted octanol–water partition coefficient (Wildman–Crippen LogP) is 2.81. The van der Waals surface area contributed by atoms with Gasteiger partial charge in [0, 0.05) is 11.9 Å². The summed E-state index contributed by atoms with van der Waals surface area (Å²) in [4.78, 5) is 33.3. The Hall–Kier alpha value is -2.67. The second-order valence-corrected chi connectivity index (χ2v) is 6.52. The number of hydrogen-bond donors (Lipinski definition) is 1. The number of nitrogens with one attached hydrogen (secondary N) is 1. The first-order chi connectivity index (χ1) is 12.0. The molecule has 0 aliphatic rings. The summed E-state index contributed by atoms with van der Waals surface area (Å²) in [6.07, 6.45) is 0. The topological polar surface area (TPSA) is 66.1 Å². The lowest BCUT2D eigenvalue weighted by Crippen LogP contribution is -2.29. The highest BCUT2D eigenvalue weighted by molar-refractivity contribution is 8.00. The lowest BCUT2D eigenvalue weighted by molar-refractivity contribution is -0.127. The number of aromatic nitrogens is 2. The Balaban J connectivity index is 1.67. The van der Waals surface area contributed by atoms with Crippen LogP contribution >= 0.6 is 11.8 Å². The second-order valence-electron chi connectivity index (χ2n) is 5.50. The fraction of sp³-hybridized carbons (Fsp3) is 0.167. The third kappa shape index (κ3) is 4.06. The smallest absolute Gasteiger partial charge is 0.258 e. The summed E-state index contributed by atoms with van der Waals surface area (Å²) >= 11 is 1.14. The summed E-state index contributed by atoms with van der Waals surface area (Å²) in [6.45, 7) is 0.177. The number of fused-ring (bicyclic) bond motifs is 1. The molecule has 0 unspecified atom stereocenters. The molecule has 3 rings (SSSR count). The van der Waals surface area contributed by atoms with Gasteiger partial charge in [0.15, 0.2) is 0 Å². The van der Waals surface area contributed by atoms with E-state index in [-0.39, 0.29) is 29.6 Å². The van der Waals surface area contributed by atoms with Crippen molar-refractivity contribution < 1.29 is 9.18 Å². The van der Waals surface area contributed by atoms with Crippen LogP contribution < -0.4 is 5.56 Å².